The van der Waals surface area contributed by atoms with E-state index in [2.05, 4.69) is 20.1 Å². The van der Waals surface area contributed by atoms with Crippen molar-refractivity contribution < 1.29 is 9.18 Å². The SMILES string of the molecule is O=C(Nc1ccc(N2CCCN(Cc3ccc(F)cc3)CC2)nc1)c1cccs1. The van der Waals surface area contributed by atoms with E-state index in [9.17, 15) is 9.18 Å². The fraction of sp³-hybridized carbons (Fsp3) is 0.273. The van der Waals surface area contributed by atoms with Crippen LogP contribution in [0.1, 0.15) is 21.7 Å². The van der Waals surface area contributed by atoms with Gasteiger partial charge in [0.15, 0.2) is 0 Å². The Hall–Kier alpha value is -2.77. The highest BCUT2D eigenvalue weighted by Gasteiger charge is 2.16. The van der Waals surface area contributed by atoms with Gasteiger partial charge >= 0.3 is 0 Å². The molecule has 4 rings (SSSR count). The van der Waals surface area contributed by atoms with E-state index in [4.69, 9.17) is 0 Å². The third kappa shape index (κ3) is 5.19. The number of pyridine rings is 1. The number of halogens is 1. The van der Waals surface area contributed by atoms with Gasteiger partial charge in [-0.15, -0.1) is 11.3 Å². The number of carbonyl (C=O) groups is 1. The fourth-order valence-electron chi connectivity index (χ4n) is 3.45. The first-order chi connectivity index (χ1) is 14.2. The number of aromatic nitrogens is 1. The van der Waals surface area contributed by atoms with Crippen molar-refractivity contribution in [1.29, 1.82) is 0 Å². The Balaban J connectivity index is 1.33. The van der Waals surface area contributed by atoms with Gasteiger partial charge in [-0.25, -0.2) is 9.37 Å². The van der Waals surface area contributed by atoms with Gasteiger partial charge in [-0.3, -0.25) is 9.69 Å². The van der Waals surface area contributed by atoms with Crippen LogP contribution >= 0.6 is 11.3 Å². The van der Waals surface area contributed by atoms with Crippen LogP contribution in [-0.2, 0) is 6.54 Å². The van der Waals surface area contributed by atoms with Crippen molar-refractivity contribution in [3.63, 3.8) is 0 Å². The highest BCUT2D eigenvalue weighted by molar-refractivity contribution is 7.12. The summed E-state index contributed by atoms with van der Waals surface area (Å²) in [5.74, 6) is 0.611. The van der Waals surface area contributed by atoms with Crippen LogP contribution in [-0.4, -0.2) is 42.0 Å². The van der Waals surface area contributed by atoms with Crippen molar-refractivity contribution in [2.75, 3.05) is 36.4 Å². The van der Waals surface area contributed by atoms with E-state index in [1.807, 2.05) is 35.7 Å². The van der Waals surface area contributed by atoms with Crippen LogP contribution in [0.2, 0.25) is 0 Å². The summed E-state index contributed by atoms with van der Waals surface area (Å²) in [4.78, 5) is 22.0. The van der Waals surface area contributed by atoms with Crippen LogP contribution in [0.3, 0.4) is 0 Å². The Morgan fingerprint density at radius 3 is 2.66 bits per heavy atom. The van der Waals surface area contributed by atoms with E-state index in [0.717, 1.165) is 50.5 Å². The number of hydrogen-bond donors (Lipinski definition) is 1. The average molecular weight is 411 g/mol. The second-order valence-electron chi connectivity index (χ2n) is 7.08. The Kier molecular flexibility index (Phi) is 6.17. The van der Waals surface area contributed by atoms with Gasteiger partial charge in [-0.05, 0) is 47.7 Å². The standard InChI is InChI=1S/C22H23FN4OS/c23-18-6-4-17(5-7-18)16-26-10-2-11-27(13-12-26)21-9-8-19(15-24-21)25-22(28)20-3-1-14-29-20/h1,3-9,14-15H,2,10-13,16H2,(H,25,28). The molecule has 1 aromatic carbocycles. The summed E-state index contributed by atoms with van der Waals surface area (Å²) >= 11 is 1.42. The molecule has 0 bridgehead atoms. The lowest BCUT2D eigenvalue weighted by molar-refractivity contribution is 0.103. The first kappa shape index (κ1) is 19.5. The smallest absolute Gasteiger partial charge is 0.265 e. The molecule has 0 spiro atoms. The van der Waals surface area contributed by atoms with Crippen molar-refractivity contribution in [2.45, 2.75) is 13.0 Å². The maximum Gasteiger partial charge on any atom is 0.265 e. The van der Waals surface area contributed by atoms with E-state index in [-0.39, 0.29) is 11.7 Å². The first-order valence-corrected chi connectivity index (χ1v) is 10.6. The highest BCUT2D eigenvalue weighted by atomic mass is 32.1. The van der Waals surface area contributed by atoms with Crippen molar-refractivity contribution in [3.8, 4) is 0 Å². The predicted octanol–water partition coefficient (Wildman–Crippen LogP) is 4.25. The predicted molar refractivity (Wildman–Crippen MR) is 115 cm³/mol. The summed E-state index contributed by atoms with van der Waals surface area (Å²) < 4.78 is 13.1. The van der Waals surface area contributed by atoms with E-state index in [1.165, 1.54) is 23.5 Å². The summed E-state index contributed by atoms with van der Waals surface area (Å²) in [6, 6.07) is 14.3. The molecule has 0 radical (unpaired) electrons. The van der Waals surface area contributed by atoms with Crippen molar-refractivity contribution in [1.82, 2.24) is 9.88 Å². The molecule has 0 saturated carbocycles. The molecule has 0 aliphatic carbocycles. The van der Waals surface area contributed by atoms with Crippen LogP contribution in [0, 0.1) is 5.82 Å². The topological polar surface area (TPSA) is 48.5 Å². The van der Waals surface area contributed by atoms with Crippen LogP contribution in [0.4, 0.5) is 15.9 Å². The minimum absolute atomic E-state index is 0.110. The lowest BCUT2D eigenvalue weighted by Gasteiger charge is -2.23. The zero-order chi connectivity index (χ0) is 20.1. The number of nitrogens with zero attached hydrogens (tertiary/aromatic N) is 3. The van der Waals surface area contributed by atoms with Crippen LogP contribution < -0.4 is 10.2 Å². The lowest BCUT2D eigenvalue weighted by Crippen LogP contribution is -2.31. The van der Waals surface area contributed by atoms with E-state index in [0.29, 0.717) is 10.6 Å². The molecule has 29 heavy (non-hydrogen) atoms. The number of thiophene rings is 1. The number of anilines is 2. The summed E-state index contributed by atoms with van der Waals surface area (Å²) in [7, 11) is 0. The van der Waals surface area contributed by atoms with Crippen molar-refractivity contribution >= 4 is 28.7 Å². The maximum atomic E-state index is 13.1. The van der Waals surface area contributed by atoms with Gasteiger partial charge in [-0.2, -0.15) is 0 Å². The van der Waals surface area contributed by atoms with Gasteiger partial charge in [0.25, 0.3) is 5.91 Å². The second-order valence-corrected chi connectivity index (χ2v) is 8.03. The molecule has 1 amide bonds. The summed E-state index contributed by atoms with van der Waals surface area (Å²) in [6.07, 6.45) is 2.75. The molecule has 3 aromatic rings. The van der Waals surface area contributed by atoms with Crippen LogP contribution in [0.15, 0.2) is 60.1 Å². The largest absolute Gasteiger partial charge is 0.355 e. The Morgan fingerprint density at radius 2 is 1.93 bits per heavy atom. The number of rotatable bonds is 5. The Morgan fingerprint density at radius 1 is 1.07 bits per heavy atom. The summed E-state index contributed by atoms with van der Waals surface area (Å²) in [5, 5.41) is 4.76. The van der Waals surface area contributed by atoms with Gasteiger partial charge in [0.1, 0.15) is 11.6 Å². The van der Waals surface area contributed by atoms with E-state index in [1.54, 1.807) is 12.3 Å². The molecule has 1 N–H and O–H groups in total. The van der Waals surface area contributed by atoms with Crippen molar-refractivity contribution in [3.05, 3.63) is 76.4 Å². The van der Waals surface area contributed by atoms with E-state index < -0.39 is 0 Å². The number of hydrogen-bond acceptors (Lipinski definition) is 5. The molecule has 1 saturated heterocycles. The molecule has 150 valence electrons. The maximum absolute atomic E-state index is 13.1. The Labute approximate surface area is 173 Å². The molecule has 0 unspecified atom stereocenters. The third-order valence-electron chi connectivity index (χ3n) is 4.98. The number of benzene rings is 1. The average Bonchev–Trinajstić information content (AvgIpc) is 3.18. The fourth-order valence-corrected chi connectivity index (χ4v) is 4.07. The molecule has 5 nitrogen and oxygen atoms in total. The molecule has 2 aromatic heterocycles. The highest BCUT2D eigenvalue weighted by Crippen LogP contribution is 2.18. The zero-order valence-electron chi connectivity index (χ0n) is 16.1. The monoisotopic (exact) mass is 410 g/mol. The molecule has 7 heteroatoms. The molecule has 0 atom stereocenters. The van der Waals surface area contributed by atoms with Gasteiger partial charge in [0.05, 0.1) is 16.8 Å². The number of amides is 1. The Bertz CT molecular complexity index is 928. The minimum Gasteiger partial charge on any atom is -0.355 e. The molecular weight excluding hydrogens is 387 g/mol. The lowest BCUT2D eigenvalue weighted by atomic mass is 10.2. The third-order valence-corrected chi connectivity index (χ3v) is 5.85. The van der Waals surface area contributed by atoms with Crippen LogP contribution in [0.5, 0.6) is 0 Å². The quantitative estimate of drug-likeness (QED) is 0.683. The van der Waals surface area contributed by atoms with Gasteiger partial charge in [0, 0.05) is 32.7 Å². The van der Waals surface area contributed by atoms with Gasteiger partial charge in [-0.1, -0.05) is 18.2 Å². The molecule has 1 fully saturated rings. The number of carbonyl (C=O) groups excluding carboxylic acids is 1. The molecule has 1 aliphatic rings. The summed E-state index contributed by atoms with van der Waals surface area (Å²) in [5.41, 5.74) is 1.82. The molecular formula is C22H23FN4OS. The molecule has 1 aliphatic heterocycles. The zero-order valence-corrected chi connectivity index (χ0v) is 16.9. The minimum atomic E-state index is -0.197. The van der Waals surface area contributed by atoms with Crippen LogP contribution in [0.25, 0.3) is 0 Å². The summed E-state index contributed by atoms with van der Waals surface area (Å²) in [6.45, 7) is 4.58. The molecule has 3 heterocycles. The number of nitrogens with one attached hydrogen (secondary N) is 1. The first-order valence-electron chi connectivity index (χ1n) is 9.70. The normalized spacial score (nSPS) is 15.1. The van der Waals surface area contributed by atoms with Crippen molar-refractivity contribution in [2.24, 2.45) is 0 Å². The van der Waals surface area contributed by atoms with Gasteiger partial charge in [0.2, 0.25) is 0 Å². The van der Waals surface area contributed by atoms with Gasteiger partial charge < -0.3 is 10.2 Å². The second kappa shape index (κ2) is 9.15. The van der Waals surface area contributed by atoms with E-state index >= 15 is 0 Å².